The molecule has 24 heavy (non-hydrogen) atoms. The first-order chi connectivity index (χ1) is 11.7. The molecule has 0 fully saturated rings. The van der Waals surface area contributed by atoms with Gasteiger partial charge in [-0.3, -0.25) is 0 Å². The summed E-state index contributed by atoms with van der Waals surface area (Å²) < 4.78 is 5.93. The molecule has 0 aliphatic heterocycles. The summed E-state index contributed by atoms with van der Waals surface area (Å²) in [5.41, 5.74) is 2.50. The van der Waals surface area contributed by atoms with Gasteiger partial charge in [-0.05, 0) is 44.0 Å². The van der Waals surface area contributed by atoms with Gasteiger partial charge in [0.1, 0.15) is 5.75 Å². The second-order valence-electron chi connectivity index (χ2n) is 5.86. The van der Waals surface area contributed by atoms with Gasteiger partial charge < -0.3 is 4.74 Å². The molecule has 0 saturated carbocycles. The highest BCUT2D eigenvalue weighted by molar-refractivity contribution is 5.50. The molecule has 0 bridgehead atoms. The summed E-state index contributed by atoms with van der Waals surface area (Å²) in [5.74, 6) is 7.15. The van der Waals surface area contributed by atoms with Crippen molar-refractivity contribution in [2.24, 2.45) is 0 Å². The number of hydrogen-bond donors (Lipinski definition) is 0. The summed E-state index contributed by atoms with van der Waals surface area (Å²) >= 11 is 0. The quantitative estimate of drug-likeness (QED) is 0.363. The molecule has 2 rings (SSSR count). The molecule has 0 amide bonds. The van der Waals surface area contributed by atoms with Crippen molar-refractivity contribution in [1.82, 2.24) is 0 Å². The highest BCUT2D eigenvalue weighted by atomic mass is 16.5. The van der Waals surface area contributed by atoms with Crippen LogP contribution < -0.4 is 4.74 Å². The van der Waals surface area contributed by atoms with Crippen molar-refractivity contribution in [1.29, 1.82) is 0 Å². The summed E-state index contributed by atoms with van der Waals surface area (Å²) in [7, 11) is 0. The van der Waals surface area contributed by atoms with Crippen LogP contribution in [0.15, 0.2) is 48.5 Å². The van der Waals surface area contributed by atoms with E-state index >= 15 is 0 Å². The summed E-state index contributed by atoms with van der Waals surface area (Å²) in [6, 6.07) is 15.2. The van der Waals surface area contributed by atoms with Crippen LogP contribution in [0, 0.1) is 18.4 Å². The van der Waals surface area contributed by atoms with Crippen LogP contribution in [-0.2, 0) is 0 Å². The zero-order valence-corrected chi connectivity index (χ0v) is 14.4. The molecule has 0 heterocycles. The molecule has 122 valence electrons. The fourth-order valence-electron chi connectivity index (χ4n) is 2.35. The molecule has 0 aliphatic carbocycles. The van der Waals surface area contributed by atoms with Crippen LogP contribution in [0.2, 0.25) is 0 Å². The fourth-order valence-corrected chi connectivity index (χ4v) is 2.35. The van der Waals surface area contributed by atoms with E-state index in [4.69, 9.17) is 11.3 Å². The molecule has 0 unspecified atom stereocenters. The van der Waals surface area contributed by atoms with Crippen LogP contribution in [0.1, 0.15) is 50.7 Å². The molecule has 0 aromatic heterocycles. The van der Waals surface area contributed by atoms with Crippen LogP contribution in [0.3, 0.4) is 0 Å². The van der Waals surface area contributed by atoms with E-state index in [2.05, 4.69) is 30.5 Å². The minimum absolute atomic E-state index is 0.245. The number of unbranched alkanes of at least 4 members (excludes halogenated alkanes) is 2. The van der Waals surface area contributed by atoms with Gasteiger partial charge in [-0.15, -0.1) is 0 Å². The van der Waals surface area contributed by atoms with Gasteiger partial charge in [0.15, 0.2) is 5.69 Å². The molecule has 1 atom stereocenters. The Balaban J connectivity index is 1.92. The summed E-state index contributed by atoms with van der Waals surface area (Å²) in [5, 5.41) is 0. The van der Waals surface area contributed by atoms with Crippen LogP contribution >= 0.6 is 0 Å². The van der Waals surface area contributed by atoms with Gasteiger partial charge in [0.05, 0.1) is 12.7 Å². The summed E-state index contributed by atoms with van der Waals surface area (Å²) in [6.45, 7) is 11.3. The fraction of sp³-hybridized carbons (Fsp3) is 0.318. The third-order valence-electron chi connectivity index (χ3n) is 3.75. The van der Waals surface area contributed by atoms with Gasteiger partial charge >= 0.3 is 0 Å². The third-order valence-corrected chi connectivity index (χ3v) is 3.75. The van der Waals surface area contributed by atoms with Gasteiger partial charge in [0.2, 0.25) is 0 Å². The maximum absolute atomic E-state index is 6.94. The number of rotatable bonds is 6. The van der Waals surface area contributed by atoms with Gasteiger partial charge in [-0.2, -0.15) is 0 Å². The SMILES string of the molecule is [C-]#[N+]c1ccc(C#Cc2ccc(O[C@@H](C)CCCCC)cc2)cc1. The lowest BCUT2D eigenvalue weighted by Crippen LogP contribution is -2.11. The van der Waals surface area contributed by atoms with Crippen molar-refractivity contribution in [3.63, 3.8) is 0 Å². The van der Waals surface area contributed by atoms with E-state index in [-0.39, 0.29) is 6.10 Å². The number of nitrogens with zero attached hydrogens (tertiary/aromatic N) is 1. The van der Waals surface area contributed by atoms with E-state index in [1.165, 1.54) is 19.3 Å². The van der Waals surface area contributed by atoms with Crippen LogP contribution in [-0.4, -0.2) is 6.10 Å². The molecule has 0 N–H and O–H groups in total. The highest BCUT2D eigenvalue weighted by Crippen LogP contribution is 2.16. The first kappa shape index (κ1) is 17.6. The number of ether oxygens (including phenoxy) is 1. The van der Waals surface area contributed by atoms with E-state index in [0.29, 0.717) is 5.69 Å². The largest absolute Gasteiger partial charge is 0.491 e. The Bertz CT molecular complexity index is 727. The monoisotopic (exact) mass is 317 g/mol. The predicted molar refractivity (Wildman–Crippen MR) is 99.4 cm³/mol. The Morgan fingerprint density at radius 3 is 2.08 bits per heavy atom. The zero-order chi connectivity index (χ0) is 17.2. The summed E-state index contributed by atoms with van der Waals surface area (Å²) in [4.78, 5) is 3.37. The van der Waals surface area contributed by atoms with Gasteiger partial charge in [-0.25, -0.2) is 4.85 Å². The van der Waals surface area contributed by atoms with E-state index in [0.717, 1.165) is 23.3 Å². The molecular weight excluding hydrogens is 294 g/mol. The van der Waals surface area contributed by atoms with E-state index in [9.17, 15) is 0 Å². The van der Waals surface area contributed by atoms with Crippen molar-refractivity contribution in [2.75, 3.05) is 0 Å². The third kappa shape index (κ3) is 5.82. The Hall–Kier alpha value is -2.71. The van der Waals surface area contributed by atoms with E-state index < -0.39 is 0 Å². The number of hydrogen-bond acceptors (Lipinski definition) is 1. The Morgan fingerprint density at radius 1 is 0.958 bits per heavy atom. The number of benzene rings is 2. The molecule has 2 aromatic rings. The van der Waals surface area contributed by atoms with Gasteiger partial charge in [-0.1, -0.05) is 55.9 Å². The van der Waals surface area contributed by atoms with Crippen LogP contribution in [0.4, 0.5) is 5.69 Å². The molecule has 0 aliphatic rings. The molecule has 2 nitrogen and oxygen atoms in total. The Kier molecular flexibility index (Phi) is 6.93. The second kappa shape index (κ2) is 9.43. The van der Waals surface area contributed by atoms with Crippen LogP contribution in [0.5, 0.6) is 5.75 Å². The van der Waals surface area contributed by atoms with Gasteiger partial charge in [0, 0.05) is 11.1 Å². The molecule has 0 radical (unpaired) electrons. The molecule has 0 spiro atoms. The zero-order valence-electron chi connectivity index (χ0n) is 14.4. The van der Waals surface area contributed by atoms with Gasteiger partial charge in [0.25, 0.3) is 0 Å². The van der Waals surface area contributed by atoms with Crippen molar-refractivity contribution in [3.8, 4) is 17.6 Å². The first-order valence-corrected chi connectivity index (χ1v) is 8.47. The maximum Gasteiger partial charge on any atom is 0.187 e. The van der Waals surface area contributed by atoms with E-state index in [1.54, 1.807) is 12.1 Å². The smallest absolute Gasteiger partial charge is 0.187 e. The van der Waals surface area contributed by atoms with Crippen molar-refractivity contribution >= 4 is 5.69 Å². The molecule has 2 aromatic carbocycles. The van der Waals surface area contributed by atoms with Crippen LogP contribution in [0.25, 0.3) is 4.85 Å². The Morgan fingerprint density at radius 2 is 1.54 bits per heavy atom. The standard InChI is InChI=1S/C22H23NO/c1-4-5-6-7-18(2)24-22-16-12-20(13-17-22)9-8-19-10-14-21(23-3)15-11-19/h10-18H,4-7H2,1-2H3/t18-/m0/s1. The van der Waals surface area contributed by atoms with Crippen molar-refractivity contribution in [3.05, 3.63) is 71.1 Å². The second-order valence-corrected chi connectivity index (χ2v) is 5.86. The predicted octanol–water partition coefficient (Wildman–Crippen LogP) is 5.98. The average Bonchev–Trinajstić information content (AvgIpc) is 2.62. The minimum Gasteiger partial charge on any atom is -0.491 e. The topological polar surface area (TPSA) is 13.6 Å². The highest BCUT2D eigenvalue weighted by Gasteiger charge is 2.03. The normalized spacial score (nSPS) is 11.0. The van der Waals surface area contributed by atoms with E-state index in [1.807, 2.05) is 36.4 Å². The minimum atomic E-state index is 0.245. The van der Waals surface area contributed by atoms with Crippen molar-refractivity contribution < 1.29 is 4.74 Å². The van der Waals surface area contributed by atoms with Crippen molar-refractivity contribution in [2.45, 2.75) is 45.6 Å². The molecule has 2 heteroatoms. The average molecular weight is 317 g/mol. The first-order valence-electron chi connectivity index (χ1n) is 8.47. The summed E-state index contributed by atoms with van der Waals surface area (Å²) in [6.07, 6.45) is 5.05. The lowest BCUT2D eigenvalue weighted by molar-refractivity contribution is 0.206. The lowest BCUT2D eigenvalue weighted by Gasteiger charge is -2.14. The maximum atomic E-state index is 6.94. The molecular formula is C22H23NO. The lowest BCUT2D eigenvalue weighted by atomic mass is 10.1. The Labute approximate surface area is 145 Å². The molecule has 0 saturated heterocycles.